The fourth-order valence-electron chi connectivity index (χ4n) is 2.85. The van der Waals surface area contributed by atoms with Crippen molar-refractivity contribution in [1.29, 1.82) is 0 Å². The predicted molar refractivity (Wildman–Crippen MR) is 96.2 cm³/mol. The molecular weight excluding hydrogens is 322 g/mol. The molecule has 0 aliphatic heterocycles. The number of hydrogen-bond donors (Lipinski definition) is 2. The van der Waals surface area contributed by atoms with Gasteiger partial charge >= 0.3 is 0 Å². The van der Waals surface area contributed by atoms with Crippen LogP contribution in [0.1, 0.15) is 12.5 Å². The lowest BCUT2D eigenvalue weighted by molar-refractivity contribution is -0.384. The van der Waals surface area contributed by atoms with E-state index in [4.69, 9.17) is 0 Å². The third kappa shape index (κ3) is 5.35. The van der Waals surface area contributed by atoms with Crippen molar-refractivity contribution in [1.82, 2.24) is 20.0 Å². The summed E-state index contributed by atoms with van der Waals surface area (Å²) in [5.74, 6) is 0. The van der Waals surface area contributed by atoms with Crippen molar-refractivity contribution in [3.05, 3.63) is 46.1 Å². The molecule has 0 spiro atoms. The van der Waals surface area contributed by atoms with Gasteiger partial charge in [-0.3, -0.25) is 14.8 Å². The average Bonchev–Trinajstić information content (AvgIpc) is 2.86. The quantitative estimate of drug-likeness (QED) is 0.553. The molecule has 0 bridgehead atoms. The molecule has 1 atom stereocenters. The second kappa shape index (κ2) is 7.73. The van der Waals surface area contributed by atoms with E-state index in [0.717, 1.165) is 16.8 Å². The highest BCUT2D eigenvalue weighted by Gasteiger charge is 2.21. The summed E-state index contributed by atoms with van der Waals surface area (Å²) in [6, 6.07) is 6.35. The summed E-state index contributed by atoms with van der Waals surface area (Å²) in [5.41, 5.74) is 1.79. The summed E-state index contributed by atoms with van der Waals surface area (Å²) in [4.78, 5) is 12.3. The maximum Gasteiger partial charge on any atom is 0.269 e. The minimum absolute atomic E-state index is 0.0547. The Morgan fingerprint density at radius 2 is 2.00 bits per heavy atom. The molecule has 0 radical (unpaired) electrons. The minimum Gasteiger partial charge on any atom is -0.388 e. The molecule has 0 aliphatic rings. The number of non-ortho nitro benzene ring substituents is 1. The Morgan fingerprint density at radius 3 is 2.56 bits per heavy atom. The lowest BCUT2D eigenvalue weighted by Gasteiger charge is -2.27. The molecule has 2 rings (SSSR count). The number of benzene rings is 1. The van der Waals surface area contributed by atoms with Crippen LogP contribution in [-0.4, -0.2) is 57.5 Å². The van der Waals surface area contributed by atoms with Crippen molar-refractivity contribution < 1.29 is 10.0 Å². The second-order valence-corrected chi connectivity index (χ2v) is 6.82. The van der Waals surface area contributed by atoms with E-state index in [1.165, 1.54) is 12.1 Å². The van der Waals surface area contributed by atoms with Gasteiger partial charge in [0.2, 0.25) is 0 Å². The molecule has 8 nitrogen and oxygen atoms in total. The third-order valence-electron chi connectivity index (χ3n) is 3.73. The van der Waals surface area contributed by atoms with Gasteiger partial charge in [0.15, 0.2) is 0 Å². The summed E-state index contributed by atoms with van der Waals surface area (Å²) in [5, 5.41) is 28.8. The Balaban J connectivity index is 2.09. The zero-order chi connectivity index (χ0) is 18.6. The number of rotatable bonds is 8. The van der Waals surface area contributed by atoms with Crippen molar-refractivity contribution >= 4 is 5.69 Å². The van der Waals surface area contributed by atoms with Crippen molar-refractivity contribution in [3.8, 4) is 11.3 Å². The molecule has 0 aliphatic carbocycles. The van der Waals surface area contributed by atoms with Gasteiger partial charge in [0.1, 0.15) is 0 Å². The summed E-state index contributed by atoms with van der Waals surface area (Å²) < 4.78 is 1.71. The van der Waals surface area contributed by atoms with Gasteiger partial charge in [0.25, 0.3) is 5.69 Å². The lowest BCUT2D eigenvalue weighted by atomic mass is 10.1. The monoisotopic (exact) mass is 347 g/mol. The number of nitrogens with one attached hydrogen (secondary N) is 1. The first-order valence-electron chi connectivity index (χ1n) is 8.03. The van der Waals surface area contributed by atoms with Crippen LogP contribution in [0.5, 0.6) is 0 Å². The Labute approximate surface area is 147 Å². The number of nitro groups is 1. The maximum absolute atomic E-state index is 10.8. The van der Waals surface area contributed by atoms with Gasteiger partial charge in [-0.25, -0.2) is 0 Å². The van der Waals surface area contributed by atoms with Gasteiger partial charge in [-0.1, -0.05) is 0 Å². The second-order valence-electron chi connectivity index (χ2n) is 6.82. The van der Waals surface area contributed by atoms with Crippen LogP contribution in [0.4, 0.5) is 5.69 Å². The SMILES string of the molecule is CN(C)CC(C)(O)CNCc1cn(C)nc1-c1ccc([N+](=O)[O-])cc1. The number of aromatic nitrogens is 2. The Hall–Kier alpha value is -2.29. The van der Waals surface area contributed by atoms with E-state index in [9.17, 15) is 15.2 Å². The fourth-order valence-corrected chi connectivity index (χ4v) is 2.85. The van der Waals surface area contributed by atoms with Crippen LogP contribution < -0.4 is 5.32 Å². The van der Waals surface area contributed by atoms with E-state index in [2.05, 4.69) is 10.4 Å². The highest BCUT2D eigenvalue weighted by Crippen LogP contribution is 2.24. The maximum atomic E-state index is 10.8. The molecule has 2 aromatic rings. The first kappa shape index (κ1) is 19.0. The Kier molecular flexibility index (Phi) is 5.89. The van der Waals surface area contributed by atoms with Crippen LogP contribution >= 0.6 is 0 Å². The fraction of sp³-hybridized carbons (Fsp3) is 0.471. The molecule has 1 unspecified atom stereocenters. The van der Waals surface area contributed by atoms with Crippen LogP contribution in [0.3, 0.4) is 0 Å². The molecule has 0 saturated heterocycles. The van der Waals surface area contributed by atoms with Gasteiger partial charge in [-0.2, -0.15) is 5.10 Å². The Bertz CT molecular complexity index is 722. The molecule has 1 aromatic heterocycles. The number of nitrogens with zero attached hydrogens (tertiary/aromatic N) is 4. The topological polar surface area (TPSA) is 96.5 Å². The van der Waals surface area contributed by atoms with E-state index >= 15 is 0 Å². The molecular formula is C17H25N5O3. The van der Waals surface area contributed by atoms with Gasteiger partial charge < -0.3 is 15.3 Å². The average molecular weight is 347 g/mol. The molecule has 1 heterocycles. The smallest absolute Gasteiger partial charge is 0.269 e. The van der Waals surface area contributed by atoms with E-state index in [0.29, 0.717) is 19.6 Å². The summed E-state index contributed by atoms with van der Waals surface area (Å²) in [6.45, 7) is 3.34. The molecule has 0 amide bonds. The Morgan fingerprint density at radius 1 is 1.36 bits per heavy atom. The van der Waals surface area contributed by atoms with Crippen molar-refractivity contribution in [3.63, 3.8) is 0 Å². The molecule has 0 fully saturated rings. The van der Waals surface area contributed by atoms with Gasteiger partial charge in [0.05, 0.1) is 16.2 Å². The van der Waals surface area contributed by atoms with Crippen molar-refractivity contribution in [2.75, 3.05) is 27.2 Å². The normalized spacial score (nSPS) is 13.8. The largest absolute Gasteiger partial charge is 0.388 e. The van der Waals surface area contributed by atoms with E-state index < -0.39 is 10.5 Å². The number of nitro benzene ring substituents is 1. The minimum atomic E-state index is -0.834. The summed E-state index contributed by atoms with van der Waals surface area (Å²) in [6.07, 6.45) is 1.91. The summed E-state index contributed by atoms with van der Waals surface area (Å²) in [7, 11) is 5.67. The lowest BCUT2D eigenvalue weighted by Crippen LogP contribution is -2.45. The highest BCUT2D eigenvalue weighted by atomic mass is 16.6. The molecule has 2 N–H and O–H groups in total. The molecule has 0 saturated carbocycles. The zero-order valence-electron chi connectivity index (χ0n) is 15.1. The molecule has 1 aromatic carbocycles. The standard InChI is InChI=1S/C17H25N5O3/c1-17(23,12-20(2)3)11-18-9-14-10-21(4)19-16(14)13-5-7-15(8-6-13)22(24)25/h5-8,10,18,23H,9,11-12H2,1-4H3. The number of aliphatic hydroxyl groups is 1. The number of aryl methyl sites for hydroxylation is 1. The third-order valence-corrected chi connectivity index (χ3v) is 3.73. The number of likely N-dealkylation sites (N-methyl/N-ethyl adjacent to an activating group) is 1. The van der Waals surface area contributed by atoms with Crippen molar-refractivity contribution in [2.24, 2.45) is 7.05 Å². The van der Waals surface area contributed by atoms with Gasteiger partial charge in [0, 0.05) is 56.1 Å². The van der Waals surface area contributed by atoms with E-state index in [-0.39, 0.29) is 5.69 Å². The number of hydrogen-bond acceptors (Lipinski definition) is 6. The van der Waals surface area contributed by atoms with E-state index in [1.54, 1.807) is 23.7 Å². The first-order chi connectivity index (χ1) is 11.7. The van der Waals surface area contributed by atoms with Crippen LogP contribution in [0.25, 0.3) is 11.3 Å². The van der Waals surface area contributed by atoms with Crippen LogP contribution in [-0.2, 0) is 13.6 Å². The first-order valence-corrected chi connectivity index (χ1v) is 8.03. The predicted octanol–water partition coefficient (Wildman–Crippen LogP) is 1.40. The highest BCUT2D eigenvalue weighted by molar-refractivity contribution is 5.64. The van der Waals surface area contributed by atoms with Gasteiger partial charge in [-0.15, -0.1) is 0 Å². The van der Waals surface area contributed by atoms with Crippen LogP contribution in [0.15, 0.2) is 30.5 Å². The van der Waals surface area contributed by atoms with Crippen LogP contribution in [0, 0.1) is 10.1 Å². The van der Waals surface area contributed by atoms with Crippen LogP contribution in [0.2, 0.25) is 0 Å². The van der Waals surface area contributed by atoms with Gasteiger partial charge in [-0.05, 0) is 33.2 Å². The molecule has 8 heteroatoms. The zero-order valence-corrected chi connectivity index (χ0v) is 15.1. The molecule has 136 valence electrons. The van der Waals surface area contributed by atoms with E-state index in [1.807, 2.05) is 32.2 Å². The molecule has 25 heavy (non-hydrogen) atoms. The summed E-state index contributed by atoms with van der Waals surface area (Å²) >= 11 is 0. The van der Waals surface area contributed by atoms with Crippen molar-refractivity contribution in [2.45, 2.75) is 19.1 Å².